The minimum Gasteiger partial charge on any atom is -0.379 e. The van der Waals surface area contributed by atoms with Crippen LogP contribution in [0.25, 0.3) is 0 Å². The van der Waals surface area contributed by atoms with Gasteiger partial charge in [0.05, 0.1) is 12.1 Å². The predicted octanol–water partition coefficient (Wildman–Crippen LogP) is 1.46. The molecule has 2 amide bonds. The van der Waals surface area contributed by atoms with Crippen LogP contribution in [0.4, 0.5) is 4.79 Å². The van der Waals surface area contributed by atoms with Crippen molar-refractivity contribution in [2.45, 2.75) is 25.8 Å². The van der Waals surface area contributed by atoms with E-state index in [1.165, 1.54) is 0 Å². The number of carbonyl (C=O) groups excluding carboxylic acids is 1. The lowest BCUT2D eigenvalue weighted by Crippen LogP contribution is -2.51. The second kappa shape index (κ2) is 6.35. The lowest BCUT2D eigenvalue weighted by molar-refractivity contribution is 0.170. The number of hydrogen-bond acceptors (Lipinski definition) is 3. The number of nitrogens with one attached hydrogen (secondary N) is 2. The van der Waals surface area contributed by atoms with Gasteiger partial charge in [-0.05, 0) is 31.3 Å². The number of rotatable bonds is 5. The topological polar surface area (TPSA) is 50.4 Å². The molecule has 2 N–H and O–H groups in total. The van der Waals surface area contributed by atoms with Gasteiger partial charge < -0.3 is 15.4 Å². The number of urea groups is 1. The molecule has 2 atom stereocenters. The van der Waals surface area contributed by atoms with Crippen molar-refractivity contribution >= 4 is 17.8 Å². The fourth-order valence-corrected chi connectivity index (χ4v) is 2.38. The van der Waals surface area contributed by atoms with Crippen molar-refractivity contribution in [3.63, 3.8) is 0 Å². The van der Waals surface area contributed by atoms with Crippen LogP contribution >= 0.6 is 11.8 Å². The van der Waals surface area contributed by atoms with Crippen molar-refractivity contribution in [3.05, 3.63) is 0 Å². The zero-order chi connectivity index (χ0) is 12.0. The summed E-state index contributed by atoms with van der Waals surface area (Å²) in [5.74, 6) is 1.58. The molecule has 0 aromatic heterocycles. The Morgan fingerprint density at radius 2 is 2.38 bits per heavy atom. The Kier molecular flexibility index (Phi) is 5.41. The van der Waals surface area contributed by atoms with E-state index in [0.29, 0.717) is 12.5 Å². The molecular weight excluding hydrogens is 224 g/mol. The lowest BCUT2D eigenvalue weighted by atomic mass is 10.0. The average molecular weight is 246 g/mol. The van der Waals surface area contributed by atoms with Crippen LogP contribution < -0.4 is 10.6 Å². The second-order valence-corrected chi connectivity index (χ2v) is 5.67. The fourth-order valence-electron chi connectivity index (χ4n) is 1.69. The first-order valence-electron chi connectivity index (χ1n) is 5.68. The molecule has 0 aromatic carbocycles. The van der Waals surface area contributed by atoms with Crippen molar-refractivity contribution in [1.82, 2.24) is 10.6 Å². The van der Waals surface area contributed by atoms with E-state index in [2.05, 4.69) is 23.8 Å². The van der Waals surface area contributed by atoms with E-state index in [0.717, 1.165) is 25.3 Å². The Balaban J connectivity index is 2.20. The maximum atomic E-state index is 11.6. The lowest BCUT2D eigenvalue weighted by Gasteiger charge is -2.24. The first kappa shape index (κ1) is 13.6. The fraction of sp³-hybridized carbons (Fsp3) is 0.909. The SMILES string of the molecule is CSC[C@@H](C)CNC(=O)N[C@@]1(C)CCOC1. The Labute approximate surface area is 102 Å². The van der Waals surface area contributed by atoms with Crippen molar-refractivity contribution in [1.29, 1.82) is 0 Å². The molecule has 0 aliphatic carbocycles. The highest BCUT2D eigenvalue weighted by Gasteiger charge is 2.31. The largest absolute Gasteiger partial charge is 0.379 e. The first-order valence-corrected chi connectivity index (χ1v) is 7.08. The van der Waals surface area contributed by atoms with Crippen molar-refractivity contribution < 1.29 is 9.53 Å². The Morgan fingerprint density at radius 1 is 1.62 bits per heavy atom. The van der Waals surface area contributed by atoms with Crippen LogP contribution in [0, 0.1) is 5.92 Å². The van der Waals surface area contributed by atoms with Crippen LogP contribution in [0.1, 0.15) is 20.3 Å². The van der Waals surface area contributed by atoms with Gasteiger partial charge in [-0.2, -0.15) is 11.8 Å². The van der Waals surface area contributed by atoms with E-state index in [9.17, 15) is 4.79 Å². The Bertz CT molecular complexity index is 230. The molecule has 1 aliphatic heterocycles. The van der Waals surface area contributed by atoms with Gasteiger partial charge in [-0.15, -0.1) is 0 Å². The summed E-state index contributed by atoms with van der Waals surface area (Å²) < 4.78 is 5.28. The highest BCUT2D eigenvalue weighted by atomic mass is 32.2. The maximum absolute atomic E-state index is 11.6. The van der Waals surface area contributed by atoms with Crippen LogP contribution in [0.3, 0.4) is 0 Å². The Morgan fingerprint density at radius 3 is 2.94 bits per heavy atom. The molecule has 0 saturated carbocycles. The van der Waals surface area contributed by atoms with E-state index in [1.54, 1.807) is 11.8 Å². The third kappa shape index (κ3) is 4.61. The monoisotopic (exact) mass is 246 g/mol. The molecule has 0 bridgehead atoms. The van der Waals surface area contributed by atoms with Crippen LogP contribution in [0.2, 0.25) is 0 Å². The van der Waals surface area contributed by atoms with Crippen molar-refractivity contribution in [3.8, 4) is 0 Å². The molecule has 0 unspecified atom stereocenters. The molecule has 1 aliphatic rings. The van der Waals surface area contributed by atoms with E-state index >= 15 is 0 Å². The normalized spacial score (nSPS) is 26.4. The van der Waals surface area contributed by atoms with Gasteiger partial charge in [-0.25, -0.2) is 4.79 Å². The molecule has 94 valence electrons. The minimum atomic E-state index is -0.188. The summed E-state index contributed by atoms with van der Waals surface area (Å²) in [7, 11) is 0. The summed E-state index contributed by atoms with van der Waals surface area (Å²) in [5, 5.41) is 5.87. The van der Waals surface area contributed by atoms with Crippen LogP contribution in [-0.4, -0.2) is 43.3 Å². The molecular formula is C11H22N2O2S. The summed E-state index contributed by atoms with van der Waals surface area (Å²) >= 11 is 1.80. The summed E-state index contributed by atoms with van der Waals surface area (Å²) in [6.45, 7) is 6.23. The minimum absolute atomic E-state index is 0.0825. The summed E-state index contributed by atoms with van der Waals surface area (Å²) in [6, 6.07) is -0.0825. The first-order chi connectivity index (χ1) is 7.56. The van der Waals surface area contributed by atoms with E-state index in [1.807, 2.05) is 6.92 Å². The van der Waals surface area contributed by atoms with Gasteiger partial charge in [0.15, 0.2) is 0 Å². The molecule has 16 heavy (non-hydrogen) atoms. The number of carbonyl (C=O) groups is 1. The van der Waals surface area contributed by atoms with Crippen LogP contribution in [0.5, 0.6) is 0 Å². The van der Waals surface area contributed by atoms with Gasteiger partial charge in [0, 0.05) is 13.2 Å². The molecule has 1 saturated heterocycles. The van der Waals surface area contributed by atoms with Crippen LogP contribution in [-0.2, 0) is 4.74 Å². The standard InChI is InChI=1S/C11H22N2O2S/c1-9(7-16-3)6-12-10(14)13-11(2)4-5-15-8-11/h9H,4-8H2,1-3H3,(H2,12,13,14)/t9-,11-/m0/s1. The van der Waals surface area contributed by atoms with Gasteiger partial charge in [0.1, 0.15) is 0 Å². The summed E-state index contributed by atoms with van der Waals surface area (Å²) in [5.41, 5.74) is -0.188. The van der Waals surface area contributed by atoms with Gasteiger partial charge in [-0.3, -0.25) is 0 Å². The summed E-state index contributed by atoms with van der Waals surface area (Å²) in [4.78, 5) is 11.6. The smallest absolute Gasteiger partial charge is 0.315 e. The van der Waals surface area contributed by atoms with Crippen molar-refractivity contribution in [2.75, 3.05) is 31.8 Å². The second-order valence-electron chi connectivity index (χ2n) is 4.76. The summed E-state index contributed by atoms with van der Waals surface area (Å²) in [6.07, 6.45) is 2.97. The molecule has 1 heterocycles. The van der Waals surface area contributed by atoms with Crippen LogP contribution in [0.15, 0.2) is 0 Å². The molecule has 0 aromatic rings. The third-order valence-electron chi connectivity index (χ3n) is 2.70. The molecule has 1 rings (SSSR count). The van der Waals surface area contributed by atoms with Gasteiger partial charge in [0.2, 0.25) is 0 Å². The predicted molar refractivity (Wildman–Crippen MR) is 67.9 cm³/mol. The molecule has 0 radical (unpaired) electrons. The molecule has 5 heteroatoms. The quantitative estimate of drug-likeness (QED) is 0.772. The maximum Gasteiger partial charge on any atom is 0.315 e. The van der Waals surface area contributed by atoms with Gasteiger partial charge in [-0.1, -0.05) is 6.92 Å². The number of amides is 2. The molecule has 0 spiro atoms. The molecule has 1 fully saturated rings. The Hall–Kier alpha value is -0.420. The highest BCUT2D eigenvalue weighted by Crippen LogP contribution is 2.16. The van der Waals surface area contributed by atoms with E-state index in [-0.39, 0.29) is 11.6 Å². The number of hydrogen-bond donors (Lipinski definition) is 2. The number of ether oxygens (including phenoxy) is 1. The van der Waals surface area contributed by atoms with E-state index < -0.39 is 0 Å². The van der Waals surface area contributed by atoms with E-state index in [4.69, 9.17) is 4.74 Å². The van der Waals surface area contributed by atoms with Gasteiger partial charge >= 0.3 is 6.03 Å². The zero-order valence-corrected chi connectivity index (χ0v) is 11.2. The molecule has 4 nitrogen and oxygen atoms in total. The van der Waals surface area contributed by atoms with Crippen molar-refractivity contribution in [2.24, 2.45) is 5.92 Å². The highest BCUT2D eigenvalue weighted by molar-refractivity contribution is 7.98. The third-order valence-corrected chi connectivity index (χ3v) is 3.60. The average Bonchev–Trinajstić information content (AvgIpc) is 2.62. The zero-order valence-electron chi connectivity index (χ0n) is 10.3. The van der Waals surface area contributed by atoms with Gasteiger partial charge in [0.25, 0.3) is 0 Å². The number of thioether (sulfide) groups is 1.